The van der Waals surface area contributed by atoms with Crippen molar-refractivity contribution >= 4 is 29.1 Å². The molecule has 0 bridgehead atoms. The monoisotopic (exact) mass is 273 g/mol. The van der Waals surface area contributed by atoms with E-state index in [9.17, 15) is 4.79 Å². The SMILES string of the molecule is C[C@H](Cl)C(=O)N1CCOc2ccc(Cl)cc2C1. The minimum absolute atomic E-state index is 0.0805. The molecule has 0 saturated carbocycles. The number of carbonyl (C=O) groups excluding carboxylic acids is 1. The molecule has 1 aromatic rings. The summed E-state index contributed by atoms with van der Waals surface area (Å²) in [6, 6.07) is 5.43. The zero-order chi connectivity index (χ0) is 12.4. The van der Waals surface area contributed by atoms with Gasteiger partial charge in [-0.25, -0.2) is 0 Å². The second-order valence-electron chi connectivity index (χ2n) is 3.98. The van der Waals surface area contributed by atoms with Crippen molar-refractivity contribution in [3.63, 3.8) is 0 Å². The molecule has 92 valence electrons. The molecule has 0 fully saturated rings. The third-order valence-electron chi connectivity index (χ3n) is 2.65. The molecule has 5 heteroatoms. The van der Waals surface area contributed by atoms with E-state index in [4.69, 9.17) is 27.9 Å². The Kier molecular flexibility index (Phi) is 3.79. The lowest BCUT2D eigenvalue weighted by molar-refractivity contribution is -0.131. The molecule has 0 N–H and O–H groups in total. The molecule has 3 nitrogen and oxygen atoms in total. The molecule has 17 heavy (non-hydrogen) atoms. The van der Waals surface area contributed by atoms with Gasteiger partial charge >= 0.3 is 0 Å². The summed E-state index contributed by atoms with van der Waals surface area (Å²) in [5.74, 6) is 0.704. The average molecular weight is 274 g/mol. The summed E-state index contributed by atoms with van der Waals surface area (Å²) in [4.78, 5) is 13.5. The predicted octanol–water partition coefficient (Wildman–Crippen LogP) is 2.69. The summed E-state index contributed by atoms with van der Waals surface area (Å²) in [5.41, 5.74) is 0.917. The Hall–Kier alpha value is -0.930. The topological polar surface area (TPSA) is 29.5 Å². The molecule has 2 rings (SSSR count). The van der Waals surface area contributed by atoms with Gasteiger partial charge in [0.25, 0.3) is 0 Å². The predicted molar refractivity (Wildman–Crippen MR) is 67.7 cm³/mol. The second-order valence-corrected chi connectivity index (χ2v) is 5.07. The van der Waals surface area contributed by atoms with E-state index in [1.54, 1.807) is 17.9 Å². The molecule has 1 aromatic carbocycles. The van der Waals surface area contributed by atoms with E-state index in [1.165, 1.54) is 0 Å². The molecule has 0 aromatic heterocycles. The Morgan fingerprint density at radius 1 is 1.53 bits per heavy atom. The largest absolute Gasteiger partial charge is 0.491 e. The highest BCUT2D eigenvalue weighted by atomic mass is 35.5. The summed E-state index contributed by atoms with van der Waals surface area (Å²) < 4.78 is 5.57. The number of nitrogens with zero attached hydrogens (tertiary/aromatic N) is 1. The first-order valence-electron chi connectivity index (χ1n) is 5.42. The van der Waals surface area contributed by atoms with Crippen LogP contribution in [-0.2, 0) is 11.3 Å². The van der Waals surface area contributed by atoms with Crippen LogP contribution in [0.25, 0.3) is 0 Å². The average Bonchev–Trinajstić information content (AvgIpc) is 2.49. The zero-order valence-electron chi connectivity index (χ0n) is 9.45. The first-order valence-corrected chi connectivity index (χ1v) is 6.23. The van der Waals surface area contributed by atoms with Crippen LogP contribution in [0, 0.1) is 0 Å². The van der Waals surface area contributed by atoms with Crippen molar-refractivity contribution in [2.45, 2.75) is 18.8 Å². The second kappa shape index (κ2) is 5.15. The van der Waals surface area contributed by atoms with Gasteiger partial charge in [0.05, 0.1) is 6.54 Å². The molecule has 1 atom stereocenters. The summed E-state index contributed by atoms with van der Waals surface area (Å²) in [5, 5.41) is 0.122. The van der Waals surface area contributed by atoms with Crippen LogP contribution >= 0.6 is 23.2 Å². The molecular weight excluding hydrogens is 261 g/mol. The van der Waals surface area contributed by atoms with E-state index in [0.717, 1.165) is 11.3 Å². The number of ether oxygens (including phenoxy) is 1. The molecule has 0 spiro atoms. The summed E-state index contributed by atoms with van der Waals surface area (Å²) in [7, 11) is 0. The molecule has 1 aliphatic rings. The van der Waals surface area contributed by atoms with Gasteiger partial charge in [0, 0.05) is 17.1 Å². The normalized spacial score (nSPS) is 16.8. The van der Waals surface area contributed by atoms with E-state index >= 15 is 0 Å². The Morgan fingerprint density at radius 3 is 3.00 bits per heavy atom. The molecule has 1 aliphatic heterocycles. The van der Waals surface area contributed by atoms with Gasteiger partial charge in [0.1, 0.15) is 17.7 Å². The highest BCUT2D eigenvalue weighted by Gasteiger charge is 2.22. The summed E-state index contributed by atoms with van der Waals surface area (Å²) in [6.45, 7) is 3.19. The maximum absolute atomic E-state index is 11.9. The highest BCUT2D eigenvalue weighted by molar-refractivity contribution is 6.31. The Morgan fingerprint density at radius 2 is 2.29 bits per heavy atom. The molecule has 0 radical (unpaired) electrons. The third-order valence-corrected chi connectivity index (χ3v) is 3.08. The van der Waals surface area contributed by atoms with E-state index in [0.29, 0.717) is 24.7 Å². The smallest absolute Gasteiger partial charge is 0.240 e. The number of benzene rings is 1. The van der Waals surface area contributed by atoms with Gasteiger partial charge in [0.15, 0.2) is 0 Å². The highest BCUT2D eigenvalue weighted by Crippen LogP contribution is 2.26. The molecule has 0 aliphatic carbocycles. The fourth-order valence-electron chi connectivity index (χ4n) is 1.80. The number of hydrogen-bond acceptors (Lipinski definition) is 2. The zero-order valence-corrected chi connectivity index (χ0v) is 11.0. The van der Waals surface area contributed by atoms with Crippen LogP contribution < -0.4 is 4.74 Å². The van der Waals surface area contributed by atoms with Crippen LogP contribution in [0.4, 0.5) is 0 Å². The number of alkyl halides is 1. The van der Waals surface area contributed by atoms with Crippen molar-refractivity contribution < 1.29 is 9.53 Å². The van der Waals surface area contributed by atoms with Crippen LogP contribution in [0.2, 0.25) is 5.02 Å². The summed E-state index contributed by atoms with van der Waals surface area (Å²) in [6.07, 6.45) is 0. The van der Waals surface area contributed by atoms with Gasteiger partial charge in [-0.15, -0.1) is 11.6 Å². The van der Waals surface area contributed by atoms with Crippen molar-refractivity contribution in [3.8, 4) is 5.75 Å². The fraction of sp³-hybridized carbons (Fsp3) is 0.417. The Balaban J connectivity index is 2.24. The minimum Gasteiger partial charge on any atom is -0.491 e. The van der Waals surface area contributed by atoms with Crippen molar-refractivity contribution in [1.29, 1.82) is 0 Å². The van der Waals surface area contributed by atoms with E-state index < -0.39 is 5.38 Å². The van der Waals surface area contributed by atoms with Gasteiger partial charge in [-0.2, -0.15) is 0 Å². The molecule has 0 saturated heterocycles. The lowest BCUT2D eigenvalue weighted by Gasteiger charge is -2.20. The van der Waals surface area contributed by atoms with E-state index in [2.05, 4.69) is 0 Å². The van der Waals surface area contributed by atoms with Crippen molar-refractivity contribution in [2.75, 3.05) is 13.2 Å². The van der Waals surface area contributed by atoms with Crippen LogP contribution in [0.1, 0.15) is 12.5 Å². The fourth-order valence-corrected chi connectivity index (χ4v) is 2.14. The van der Waals surface area contributed by atoms with Crippen LogP contribution in [0.3, 0.4) is 0 Å². The van der Waals surface area contributed by atoms with Crippen LogP contribution in [-0.4, -0.2) is 29.3 Å². The van der Waals surface area contributed by atoms with Crippen molar-refractivity contribution in [2.24, 2.45) is 0 Å². The van der Waals surface area contributed by atoms with Gasteiger partial charge in [0.2, 0.25) is 5.91 Å². The van der Waals surface area contributed by atoms with Crippen molar-refractivity contribution in [3.05, 3.63) is 28.8 Å². The third kappa shape index (κ3) is 2.85. The van der Waals surface area contributed by atoms with E-state index in [-0.39, 0.29) is 5.91 Å². The van der Waals surface area contributed by atoms with Crippen molar-refractivity contribution in [1.82, 2.24) is 4.90 Å². The number of hydrogen-bond donors (Lipinski definition) is 0. The summed E-state index contributed by atoms with van der Waals surface area (Å²) >= 11 is 11.7. The van der Waals surface area contributed by atoms with Crippen LogP contribution in [0.15, 0.2) is 18.2 Å². The molecule has 1 heterocycles. The first kappa shape index (κ1) is 12.5. The number of fused-ring (bicyclic) bond motifs is 1. The molecular formula is C12H13Cl2NO2. The quantitative estimate of drug-likeness (QED) is 0.737. The number of rotatable bonds is 1. The standard InChI is InChI=1S/C12H13Cl2NO2/c1-8(13)12(16)15-4-5-17-11-3-2-10(14)6-9(11)7-15/h2-3,6,8H,4-5,7H2,1H3/t8-/m0/s1. The minimum atomic E-state index is -0.518. The van der Waals surface area contributed by atoms with Crippen LogP contribution in [0.5, 0.6) is 5.75 Å². The van der Waals surface area contributed by atoms with E-state index in [1.807, 2.05) is 12.1 Å². The molecule has 0 unspecified atom stereocenters. The molecule has 1 amide bonds. The lowest BCUT2D eigenvalue weighted by atomic mass is 10.2. The Labute approximate surface area is 110 Å². The Bertz CT molecular complexity index is 435. The lowest BCUT2D eigenvalue weighted by Crippen LogP contribution is -2.36. The number of halogens is 2. The first-order chi connectivity index (χ1) is 8.08. The maximum atomic E-state index is 11.9. The van der Waals surface area contributed by atoms with Gasteiger partial charge < -0.3 is 9.64 Å². The number of carbonyl (C=O) groups is 1. The maximum Gasteiger partial charge on any atom is 0.240 e. The number of amides is 1. The van der Waals surface area contributed by atoms with Gasteiger partial charge in [-0.05, 0) is 25.1 Å². The van der Waals surface area contributed by atoms with Gasteiger partial charge in [-0.1, -0.05) is 11.6 Å². The van der Waals surface area contributed by atoms with Gasteiger partial charge in [-0.3, -0.25) is 4.79 Å².